The van der Waals surface area contributed by atoms with E-state index in [1.54, 1.807) is 31.2 Å². The van der Waals surface area contributed by atoms with Crippen molar-refractivity contribution in [2.24, 2.45) is 0 Å². The van der Waals surface area contributed by atoms with Crippen molar-refractivity contribution in [2.75, 3.05) is 5.32 Å². The van der Waals surface area contributed by atoms with Crippen molar-refractivity contribution in [2.45, 2.75) is 19.9 Å². The summed E-state index contributed by atoms with van der Waals surface area (Å²) in [5.41, 5.74) is 3.28. The minimum Gasteiger partial charge on any atom is -0.342 e. The number of hydrogen-bond acceptors (Lipinski definition) is 3. The number of rotatable bonds is 7. The predicted molar refractivity (Wildman–Crippen MR) is 122 cm³/mol. The van der Waals surface area contributed by atoms with E-state index in [2.05, 4.69) is 10.6 Å². The first-order valence-electron chi connectivity index (χ1n) is 9.95. The zero-order chi connectivity index (χ0) is 22.2. The minimum absolute atomic E-state index is 0.0444. The molecule has 0 aromatic heterocycles. The number of nitrogens with one attached hydrogen (secondary N) is 2. The first kappa shape index (κ1) is 21.7. The number of benzene rings is 3. The van der Waals surface area contributed by atoms with E-state index in [9.17, 15) is 14.4 Å². The summed E-state index contributed by atoms with van der Waals surface area (Å²) in [5.74, 6) is -0.795. The molecule has 0 unspecified atom stereocenters. The van der Waals surface area contributed by atoms with Gasteiger partial charge >= 0.3 is 0 Å². The Morgan fingerprint density at radius 1 is 0.742 bits per heavy atom. The average molecular weight is 412 g/mol. The molecule has 0 aliphatic heterocycles. The van der Waals surface area contributed by atoms with E-state index in [4.69, 9.17) is 0 Å². The molecule has 3 aromatic carbocycles. The van der Waals surface area contributed by atoms with Crippen LogP contribution in [0.25, 0.3) is 0 Å². The van der Waals surface area contributed by atoms with Gasteiger partial charge in [0.15, 0.2) is 5.78 Å². The van der Waals surface area contributed by atoms with Gasteiger partial charge in [0.05, 0.1) is 6.04 Å². The van der Waals surface area contributed by atoms with Crippen LogP contribution in [0.5, 0.6) is 0 Å². The Hall–Kier alpha value is -3.99. The number of ketones is 1. The third-order valence-electron chi connectivity index (χ3n) is 4.81. The molecule has 0 atom stereocenters. The summed E-state index contributed by atoms with van der Waals surface area (Å²) in [6.07, 6.45) is 1.29. The second kappa shape index (κ2) is 10.2. The molecule has 0 radical (unpaired) electrons. The maximum atomic E-state index is 12.7. The lowest BCUT2D eigenvalue weighted by molar-refractivity contribution is -0.118. The maximum absolute atomic E-state index is 12.7. The van der Waals surface area contributed by atoms with Gasteiger partial charge in [-0.25, -0.2) is 0 Å². The summed E-state index contributed by atoms with van der Waals surface area (Å²) in [5, 5.41) is 5.72. The number of Topliss-reactive ketones (excluding diaryl/α,β-unsaturated/α-hetero) is 1. The number of hydrogen-bond donors (Lipinski definition) is 2. The van der Waals surface area contributed by atoms with E-state index in [-0.39, 0.29) is 29.2 Å². The van der Waals surface area contributed by atoms with Crippen LogP contribution in [0.15, 0.2) is 96.6 Å². The maximum Gasteiger partial charge on any atom is 0.251 e. The number of anilines is 1. The summed E-state index contributed by atoms with van der Waals surface area (Å²) in [4.78, 5) is 36.5. The molecule has 0 saturated carbocycles. The summed E-state index contributed by atoms with van der Waals surface area (Å²) in [6.45, 7) is 3.07. The van der Waals surface area contributed by atoms with E-state index in [1.807, 2.05) is 60.7 Å². The fourth-order valence-electron chi connectivity index (χ4n) is 3.11. The zero-order valence-electron chi connectivity index (χ0n) is 17.5. The standard InChI is InChI=1S/C26H24N2O3/c1-18(26(31)27-23-15-13-20(14-16-23)19(2)29)17-24(30)28-25(21-9-5-3-6-10-21)22-11-7-4-8-12-22/h3-17,25H,1-2H3,(H,27,31)(H,28,30)/b18-17-. The highest BCUT2D eigenvalue weighted by Crippen LogP contribution is 2.21. The van der Waals surface area contributed by atoms with Gasteiger partial charge in [0.1, 0.15) is 0 Å². The number of amides is 2. The van der Waals surface area contributed by atoms with Crippen molar-refractivity contribution < 1.29 is 14.4 Å². The Kier molecular flexibility index (Phi) is 7.12. The SMILES string of the molecule is CC(=O)c1ccc(NC(=O)/C(C)=C\C(=O)NC(c2ccccc2)c2ccccc2)cc1. The molecule has 0 aliphatic carbocycles. The van der Waals surface area contributed by atoms with Crippen molar-refractivity contribution in [3.05, 3.63) is 113 Å². The Morgan fingerprint density at radius 2 is 1.26 bits per heavy atom. The Bertz CT molecular complexity index is 1050. The zero-order valence-corrected chi connectivity index (χ0v) is 17.5. The Labute approximate surface area is 181 Å². The van der Waals surface area contributed by atoms with Crippen LogP contribution in [0.1, 0.15) is 41.4 Å². The van der Waals surface area contributed by atoms with Crippen LogP contribution in [0.2, 0.25) is 0 Å². The molecule has 3 rings (SSSR count). The van der Waals surface area contributed by atoms with Gasteiger partial charge in [0, 0.05) is 22.9 Å². The van der Waals surface area contributed by atoms with E-state index >= 15 is 0 Å². The van der Waals surface area contributed by atoms with Crippen LogP contribution in [0.4, 0.5) is 5.69 Å². The first-order valence-corrected chi connectivity index (χ1v) is 9.95. The second-order valence-corrected chi connectivity index (χ2v) is 7.18. The van der Waals surface area contributed by atoms with Gasteiger partial charge < -0.3 is 10.6 Å². The molecule has 3 aromatic rings. The Morgan fingerprint density at radius 3 is 1.74 bits per heavy atom. The molecule has 0 bridgehead atoms. The molecule has 2 N–H and O–H groups in total. The molecule has 0 aliphatic rings. The van der Waals surface area contributed by atoms with Crippen molar-refractivity contribution in [1.29, 1.82) is 0 Å². The summed E-state index contributed by atoms with van der Waals surface area (Å²) in [7, 11) is 0. The van der Waals surface area contributed by atoms with Crippen LogP contribution in [-0.2, 0) is 9.59 Å². The van der Waals surface area contributed by atoms with Crippen LogP contribution in [-0.4, -0.2) is 17.6 Å². The molecular weight excluding hydrogens is 388 g/mol. The highest BCUT2D eigenvalue weighted by Gasteiger charge is 2.16. The van der Waals surface area contributed by atoms with E-state index < -0.39 is 0 Å². The van der Waals surface area contributed by atoms with Gasteiger partial charge in [-0.05, 0) is 49.2 Å². The predicted octanol–water partition coefficient (Wildman–Crippen LogP) is 4.68. The van der Waals surface area contributed by atoms with Crippen molar-refractivity contribution in [3.63, 3.8) is 0 Å². The molecule has 0 fully saturated rings. The fraction of sp³-hybridized carbons (Fsp3) is 0.115. The third-order valence-corrected chi connectivity index (χ3v) is 4.81. The van der Waals surface area contributed by atoms with E-state index in [1.165, 1.54) is 13.0 Å². The average Bonchev–Trinajstić information content (AvgIpc) is 2.79. The normalized spacial score (nSPS) is 11.1. The molecule has 0 spiro atoms. The molecule has 2 amide bonds. The second-order valence-electron chi connectivity index (χ2n) is 7.18. The van der Waals surface area contributed by atoms with Gasteiger partial charge in [0.25, 0.3) is 5.91 Å². The monoisotopic (exact) mass is 412 g/mol. The van der Waals surface area contributed by atoms with Gasteiger partial charge in [-0.3, -0.25) is 14.4 Å². The van der Waals surface area contributed by atoms with Crippen molar-refractivity contribution >= 4 is 23.3 Å². The Balaban J connectivity index is 1.71. The lowest BCUT2D eigenvalue weighted by atomic mass is 9.98. The summed E-state index contributed by atoms with van der Waals surface area (Å²) >= 11 is 0. The topological polar surface area (TPSA) is 75.3 Å². The number of carbonyl (C=O) groups is 3. The first-order chi connectivity index (χ1) is 14.9. The van der Waals surface area contributed by atoms with Crippen LogP contribution < -0.4 is 10.6 Å². The molecule has 0 saturated heterocycles. The van der Waals surface area contributed by atoms with E-state index in [0.29, 0.717) is 11.3 Å². The fourth-order valence-corrected chi connectivity index (χ4v) is 3.11. The highest BCUT2D eigenvalue weighted by atomic mass is 16.2. The molecule has 31 heavy (non-hydrogen) atoms. The van der Waals surface area contributed by atoms with Crippen molar-refractivity contribution in [1.82, 2.24) is 5.32 Å². The van der Waals surface area contributed by atoms with Gasteiger partial charge in [-0.1, -0.05) is 60.7 Å². The van der Waals surface area contributed by atoms with Crippen molar-refractivity contribution in [3.8, 4) is 0 Å². The minimum atomic E-state index is -0.387. The highest BCUT2D eigenvalue weighted by molar-refractivity contribution is 6.07. The quantitative estimate of drug-likeness (QED) is 0.437. The molecule has 0 heterocycles. The van der Waals surface area contributed by atoms with Gasteiger partial charge in [-0.15, -0.1) is 0 Å². The lowest BCUT2D eigenvalue weighted by Gasteiger charge is -2.19. The van der Waals surface area contributed by atoms with Crippen LogP contribution in [0, 0.1) is 0 Å². The largest absolute Gasteiger partial charge is 0.342 e. The third kappa shape index (κ3) is 6.00. The summed E-state index contributed by atoms with van der Waals surface area (Å²) < 4.78 is 0. The smallest absolute Gasteiger partial charge is 0.251 e. The van der Waals surface area contributed by atoms with Crippen LogP contribution >= 0.6 is 0 Å². The summed E-state index contributed by atoms with van der Waals surface area (Å²) in [6, 6.07) is 25.6. The van der Waals surface area contributed by atoms with E-state index in [0.717, 1.165) is 11.1 Å². The lowest BCUT2D eigenvalue weighted by Crippen LogP contribution is -2.28. The molecule has 5 heteroatoms. The van der Waals surface area contributed by atoms with Crippen LogP contribution in [0.3, 0.4) is 0 Å². The molecule has 156 valence electrons. The number of carbonyl (C=O) groups excluding carboxylic acids is 3. The van der Waals surface area contributed by atoms with Gasteiger partial charge in [0.2, 0.25) is 5.91 Å². The molecular formula is C26H24N2O3. The molecule has 5 nitrogen and oxygen atoms in total. The van der Waals surface area contributed by atoms with Gasteiger partial charge in [-0.2, -0.15) is 0 Å².